The molecule has 0 aliphatic heterocycles. The van der Waals surface area contributed by atoms with E-state index in [9.17, 15) is 24.5 Å². The highest BCUT2D eigenvalue weighted by Gasteiger charge is 2.37. The molecular formula is C20H28ClIN2O6Si. The predicted octanol–water partition coefficient (Wildman–Crippen LogP) is 4.83. The number of nitrogens with one attached hydrogen (secondary N) is 1. The molecule has 0 aliphatic carbocycles. The maximum absolute atomic E-state index is 13.0. The molecule has 1 aromatic rings. The molecule has 2 N–H and O–H groups in total. The summed E-state index contributed by atoms with van der Waals surface area (Å²) in [6.07, 6.45) is 2.73. The Hall–Kier alpha value is -1.50. The van der Waals surface area contributed by atoms with Crippen molar-refractivity contribution in [3.05, 3.63) is 48.2 Å². The van der Waals surface area contributed by atoms with Gasteiger partial charge in [-0.3, -0.25) is 14.9 Å². The number of ketones is 1. The van der Waals surface area contributed by atoms with Crippen molar-refractivity contribution in [3.63, 3.8) is 0 Å². The van der Waals surface area contributed by atoms with E-state index in [4.69, 9.17) is 16.3 Å². The minimum absolute atomic E-state index is 0.0635. The molecule has 1 rings (SSSR count). The zero-order chi connectivity index (χ0) is 24.0. The summed E-state index contributed by atoms with van der Waals surface area (Å²) < 4.78 is 5.41. The predicted molar refractivity (Wildman–Crippen MR) is 131 cm³/mol. The first-order valence-corrected chi connectivity index (χ1v) is 14.1. The molecule has 0 saturated heterocycles. The maximum Gasteiger partial charge on any atom is 0.343 e. The molecule has 0 saturated carbocycles. The number of ether oxygens (including phenoxy) is 1. The second-order valence-electron chi connectivity index (χ2n) is 8.15. The first kappa shape index (κ1) is 27.5. The molecule has 8 nitrogen and oxygen atoms in total. The van der Waals surface area contributed by atoms with E-state index in [1.54, 1.807) is 6.92 Å². The monoisotopic (exact) mass is 582 g/mol. The molecule has 0 amide bonds. The fourth-order valence-corrected chi connectivity index (χ4v) is 4.22. The molecule has 0 bridgehead atoms. The van der Waals surface area contributed by atoms with Gasteiger partial charge < -0.3 is 14.8 Å². The summed E-state index contributed by atoms with van der Waals surface area (Å²) in [6, 6.07) is 2.64. The van der Waals surface area contributed by atoms with Gasteiger partial charge in [0, 0.05) is 27.9 Å². The van der Waals surface area contributed by atoms with E-state index < -0.39 is 30.7 Å². The van der Waals surface area contributed by atoms with Gasteiger partial charge in [0.15, 0.2) is 8.32 Å². The number of nitro benzene ring substituents is 1. The van der Waals surface area contributed by atoms with E-state index in [-0.39, 0.29) is 27.8 Å². The highest BCUT2D eigenvalue weighted by molar-refractivity contribution is 14.1. The van der Waals surface area contributed by atoms with Crippen LogP contribution in [0.25, 0.3) is 0 Å². The van der Waals surface area contributed by atoms with Crippen molar-refractivity contribution in [1.29, 1.82) is 0 Å². The van der Waals surface area contributed by atoms with Crippen molar-refractivity contribution in [3.8, 4) is 0 Å². The van der Waals surface area contributed by atoms with Crippen LogP contribution in [0.2, 0.25) is 23.2 Å². The van der Waals surface area contributed by atoms with Crippen molar-refractivity contribution in [1.82, 2.24) is 5.32 Å². The van der Waals surface area contributed by atoms with Gasteiger partial charge >= 0.3 is 5.97 Å². The number of nitro groups is 1. The number of esters is 1. The normalized spacial score (nSPS) is 12.5. The molecule has 0 heterocycles. The third-order valence-corrected chi connectivity index (χ3v) is 9.81. The zero-order valence-corrected chi connectivity index (χ0v) is 22.2. The molecule has 11 heteroatoms. The summed E-state index contributed by atoms with van der Waals surface area (Å²) in [4.78, 5) is 46.3. The SMILES string of the molecule is CCOC(=O)C(=CNCCCC(C)(C)[Si](C)(C)O)C(=O)c1cc(I)cc([N+](=O)[O-])c1Cl. The van der Waals surface area contributed by atoms with Gasteiger partial charge in [-0.25, -0.2) is 4.79 Å². The maximum atomic E-state index is 13.0. The number of halogens is 2. The third kappa shape index (κ3) is 7.54. The number of hydrogen-bond acceptors (Lipinski definition) is 7. The van der Waals surface area contributed by atoms with E-state index >= 15 is 0 Å². The Bertz CT molecular complexity index is 883. The van der Waals surface area contributed by atoms with Gasteiger partial charge in [0.25, 0.3) is 5.69 Å². The number of benzene rings is 1. The van der Waals surface area contributed by atoms with Crippen LogP contribution in [0.3, 0.4) is 0 Å². The van der Waals surface area contributed by atoms with Crippen LogP contribution in [0.1, 0.15) is 44.0 Å². The molecule has 0 radical (unpaired) electrons. The lowest BCUT2D eigenvalue weighted by atomic mass is 10.0. The summed E-state index contributed by atoms with van der Waals surface area (Å²) in [6.45, 7) is 9.96. The average Bonchev–Trinajstić information content (AvgIpc) is 2.64. The largest absolute Gasteiger partial charge is 0.462 e. The lowest BCUT2D eigenvalue weighted by Crippen LogP contribution is -2.39. The number of nitrogens with zero attached hydrogens (tertiary/aromatic N) is 1. The Morgan fingerprint density at radius 1 is 1.39 bits per heavy atom. The molecule has 172 valence electrons. The van der Waals surface area contributed by atoms with Gasteiger partial charge in [-0.05, 0) is 66.6 Å². The van der Waals surface area contributed by atoms with Crippen molar-refractivity contribution in [2.45, 2.75) is 51.7 Å². The van der Waals surface area contributed by atoms with Gasteiger partial charge in [0.05, 0.1) is 11.5 Å². The standard InChI is InChI=1S/C20H28ClIN2O6Si/c1-6-30-19(26)15(12-23-9-7-8-20(2,3)31(4,5)29)18(25)14-10-13(22)11-16(17(14)21)24(27)28/h10-12,23,29H,6-9H2,1-5H3. The molecule has 1 aromatic carbocycles. The van der Waals surface area contributed by atoms with E-state index in [0.29, 0.717) is 16.5 Å². The fourth-order valence-electron chi connectivity index (χ4n) is 2.56. The average molecular weight is 583 g/mol. The quantitative estimate of drug-likeness (QED) is 0.0366. The van der Waals surface area contributed by atoms with Gasteiger partial charge in [0.2, 0.25) is 5.78 Å². The molecule has 31 heavy (non-hydrogen) atoms. The van der Waals surface area contributed by atoms with Crippen LogP contribution in [-0.4, -0.2) is 42.9 Å². The molecule has 0 spiro atoms. The topological polar surface area (TPSA) is 119 Å². The number of carbonyl (C=O) groups excluding carboxylic acids is 2. The van der Waals surface area contributed by atoms with Gasteiger partial charge in [0.1, 0.15) is 10.6 Å². The summed E-state index contributed by atoms with van der Waals surface area (Å²) in [7, 11) is -2.33. The number of hydrogen-bond donors (Lipinski definition) is 2. The van der Waals surface area contributed by atoms with E-state index in [0.717, 1.165) is 6.42 Å². The van der Waals surface area contributed by atoms with Crippen LogP contribution in [0.5, 0.6) is 0 Å². The van der Waals surface area contributed by atoms with E-state index in [2.05, 4.69) is 5.32 Å². The smallest absolute Gasteiger partial charge is 0.343 e. The van der Waals surface area contributed by atoms with Gasteiger partial charge in [-0.2, -0.15) is 0 Å². The summed E-state index contributed by atoms with van der Waals surface area (Å²) in [5.41, 5.74) is -0.849. The minimum atomic E-state index is -2.33. The van der Waals surface area contributed by atoms with Crippen molar-refractivity contribution in [2.75, 3.05) is 13.2 Å². The van der Waals surface area contributed by atoms with Gasteiger partial charge in [-0.15, -0.1) is 0 Å². The van der Waals surface area contributed by atoms with Gasteiger partial charge in [-0.1, -0.05) is 25.4 Å². The lowest BCUT2D eigenvalue weighted by molar-refractivity contribution is -0.384. The Kier molecular flexibility index (Phi) is 10.1. The Morgan fingerprint density at radius 3 is 2.52 bits per heavy atom. The van der Waals surface area contributed by atoms with E-state index in [1.807, 2.05) is 49.5 Å². The third-order valence-electron chi connectivity index (χ3n) is 5.22. The number of carbonyl (C=O) groups is 2. The second-order valence-corrected chi connectivity index (χ2v) is 14.2. The molecule has 0 fully saturated rings. The van der Waals surface area contributed by atoms with Crippen LogP contribution < -0.4 is 5.32 Å². The first-order chi connectivity index (χ1) is 14.2. The first-order valence-electron chi connectivity index (χ1n) is 9.74. The molecule has 0 aliphatic rings. The number of rotatable bonds is 11. The molecular weight excluding hydrogens is 555 g/mol. The van der Waals surface area contributed by atoms with Crippen molar-refractivity contribution in [2.24, 2.45) is 0 Å². The number of Topliss-reactive ketones (excluding diaryl/α,β-unsaturated/α-hetero) is 1. The highest BCUT2D eigenvalue weighted by Crippen LogP contribution is 2.39. The summed E-state index contributed by atoms with van der Waals surface area (Å²) >= 11 is 7.93. The summed E-state index contributed by atoms with van der Waals surface area (Å²) in [5, 5.41) is 13.6. The minimum Gasteiger partial charge on any atom is -0.462 e. The van der Waals surface area contributed by atoms with Crippen LogP contribution in [0.4, 0.5) is 5.69 Å². The van der Waals surface area contributed by atoms with Crippen LogP contribution in [0, 0.1) is 13.7 Å². The lowest BCUT2D eigenvalue weighted by Gasteiger charge is -2.35. The Morgan fingerprint density at radius 2 is 2.00 bits per heavy atom. The highest BCUT2D eigenvalue weighted by atomic mass is 127. The van der Waals surface area contributed by atoms with Crippen molar-refractivity contribution < 1.29 is 24.0 Å². The van der Waals surface area contributed by atoms with Crippen LogP contribution in [0.15, 0.2) is 23.9 Å². The Balaban J connectivity index is 3.09. The van der Waals surface area contributed by atoms with Crippen LogP contribution >= 0.6 is 34.2 Å². The zero-order valence-electron chi connectivity index (χ0n) is 18.3. The summed E-state index contributed by atoms with van der Waals surface area (Å²) in [5.74, 6) is -1.61. The van der Waals surface area contributed by atoms with Crippen molar-refractivity contribution >= 4 is 59.9 Å². The molecule has 0 unspecified atom stereocenters. The molecule has 0 atom stereocenters. The van der Waals surface area contributed by atoms with Crippen LogP contribution in [-0.2, 0) is 9.53 Å². The van der Waals surface area contributed by atoms with E-state index in [1.165, 1.54) is 18.3 Å². The Labute approximate surface area is 201 Å². The second kappa shape index (κ2) is 11.4. The fraction of sp³-hybridized carbons (Fsp3) is 0.500. The molecule has 0 aromatic heterocycles.